The highest BCUT2D eigenvalue weighted by atomic mass is 16.5. The van der Waals surface area contributed by atoms with Crippen LogP contribution >= 0.6 is 0 Å². The number of nitrogens with one attached hydrogen (secondary N) is 2. The van der Waals surface area contributed by atoms with Crippen LogP contribution < -0.4 is 10.6 Å². The molecular formula is C27H34N2O5. The molecule has 182 valence electrons. The van der Waals surface area contributed by atoms with E-state index in [1.807, 2.05) is 45.0 Å². The van der Waals surface area contributed by atoms with E-state index in [0.29, 0.717) is 6.42 Å². The number of carbonyl (C=O) groups excluding carboxylic acids is 2. The van der Waals surface area contributed by atoms with Gasteiger partial charge in [-0.25, -0.2) is 9.59 Å². The first-order chi connectivity index (χ1) is 16.1. The van der Waals surface area contributed by atoms with Gasteiger partial charge in [-0.3, -0.25) is 4.79 Å². The van der Waals surface area contributed by atoms with Crippen LogP contribution in [0.1, 0.15) is 64.0 Å². The fourth-order valence-corrected chi connectivity index (χ4v) is 4.54. The van der Waals surface area contributed by atoms with E-state index in [1.165, 1.54) is 0 Å². The van der Waals surface area contributed by atoms with Gasteiger partial charge in [-0.1, -0.05) is 76.2 Å². The Hall–Kier alpha value is -3.35. The Labute approximate surface area is 200 Å². The highest BCUT2D eigenvalue weighted by molar-refractivity contribution is 5.84. The van der Waals surface area contributed by atoms with Gasteiger partial charge in [-0.2, -0.15) is 0 Å². The Morgan fingerprint density at radius 3 is 2.03 bits per heavy atom. The molecule has 7 nitrogen and oxygen atoms in total. The van der Waals surface area contributed by atoms with E-state index in [4.69, 9.17) is 4.74 Å². The van der Waals surface area contributed by atoms with Gasteiger partial charge in [0.2, 0.25) is 5.91 Å². The average molecular weight is 467 g/mol. The minimum absolute atomic E-state index is 0.0226. The zero-order chi connectivity index (χ0) is 24.9. The molecule has 34 heavy (non-hydrogen) atoms. The molecule has 0 heterocycles. The molecule has 3 rings (SSSR count). The summed E-state index contributed by atoms with van der Waals surface area (Å²) in [6, 6.07) is 14.8. The molecule has 0 saturated heterocycles. The van der Waals surface area contributed by atoms with Crippen molar-refractivity contribution in [1.29, 1.82) is 0 Å². The van der Waals surface area contributed by atoms with Gasteiger partial charge < -0.3 is 20.5 Å². The second-order valence-electron chi connectivity index (χ2n) is 10.0. The fourth-order valence-electron chi connectivity index (χ4n) is 4.54. The molecule has 0 spiro atoms. The van der Waals surface area contributed by atoms with Crippen LogP contribution in [0.5, 0.6) is 0 Å². The van der Waals surface area contributed by atoms with Gasteiger partial charge in [0.25, 0.3) is 0 Å². The van der Waals surface area contributed by atoms with Crippen molar-refractivity contribution in [1.82, 2.24) is 10.6 Å². The van der Waals surface area contributed by atoms with Crippen molar-refractivity contribution in [3.05, 3.63) is 59.7 Å². The number of ether oxygens (including phenoxy) is 1. The number of alkyl carbamates (subject to hydrolysis) is 1. The van der Waals surface area contributed by atoms with Crippen molar-refractivity contribution in [3.63, 3.8) is 0 Å². The standard InChI is InChI=1S/C27H34N2O5/c1-5-23(25(31)32)29-24(30)14-17(15-27(2,3)4)28-26(33)34-16-22-20-12-8-6-10-18(20)19-11-7-9-13-21(19)22/h6-13,17,22-23H,5,14-16H2,1-4H3,(H,28,33)(H,29,30)(H,31,32)/t17?,23-/m0/s1. The first kappa shape index (κ1) is 25.3. The van der Waals surface area contributed by atoms with Crippen molar-refractivity contribution in [2.75, 3.05) is 6.61 Å². The second-order valence-corrected chi connectivity index (χ2v) is 10.0. The van der Waals surface area contributed by atoms with Crippen LogP contribution in [0, 0.1) is 5.41 Å². The van der Waals surface area contributed by atoms with Crippen LogP contribution in [0.15, 0.2) is 48.5 Å². The molecule has 0 bridgehead atoms. The normalized spacial score (nSPS) is 14.5. The summed E-state index contributed by atoms with van der Waals surface area (Å²) in [5.74, 6) is -1.54. The summed E-state index contributed by atoms with van der Waals surface area (Å²) < 4.78 is 5.63. The number of hydrogen-bond acceptors (Lipinski definition) is 4. The first-order valence-corrected chi connectivity index (χ1v) is 11.7. The number of carboxylic acids is 1. The monoisotopic (exact) mass is 466 g/mol. The Kier molecular flexibility index (Phi) is 7.97. The summed E-state index contributed by atoms with van der Waals surface area (Å²) >= 11 is 0. The summed E-state index contributed by atoms with van der Waals surface area (Å²) in [5, 5.41) is 14.5. The van der Waals surface area contributed by atoms with Gasteiger partial charge in [-0.15, -0.1) is 0 Å². The Morgan fingerprint density at radius 1 is 0.971 bits per heavy atom. The first-order valence-electron chi connectivity index (χ1n) is 11.7. The van der Waals surface area contributed by atoms with Crippen molar-refractivity contribution >= 4 is 18.0 Å². The number of hydrogen-bond donors (Lipinski definition) is 3. The highest BCUT2D eigenvalue weighted by Crippen LogP contribution is 2.44. The van der Waals surface area contributed by atoms with E-state index in [1.54, 1.807) is 6.92 Å². The molecule has 1 unspecified atom stereocenters. The molecule has 2 atom stereocenters. The Morgan fingerprint density at radius 2 is 1.53 bits per heavy atom. The number of fused-ring (bicyclic) bond motifs is 3. The molecule has 1 aliphatic carbocycles. The smallest absolute Gasteiger partial charge is 0.407 e. The van der Waals surface area contributed by atoms with Gasteiger partial charge in [-0.05, 0) is 40.5 Å². The largest absolute Gasteiger partial charge is 0.480 e. The fraction of sp³-hybridized carbons (Fsp3) is 0.444. The Balaban J connectivity index is 1.64. The SMILES string of the molecule is CC[C@H](NC(=O)CC(CC(C)(C)C)NC(=O)OCC1c2ccccc2-c2ccccc21)C(=O)O. The van der Waals surface area contributed by atoms with Crippen LogP contribution in [0.2, 0.25) is 0 Å². The van der Waals surface area contributed by atoms with Gasteiger partial charge in [0.1, 0.15) is 12.6 Å². The molecule has 0 aliphatic heterocycles. The molecule has 0 fully saturated rings. The number of amides is 2. The predicted molar refractivity (Wildman–Crippen MR) is 131 cm³/mol. The number of carbonyl (C=O) groups is 3. The number of rotatable bonds is 9. The maximum absolute atomic E-state index is 12.7. The molecule has 3 N–H and O–H groups in total. The zero-order valence-electron chi connectivity index (χ0n) is 20.3. The van der Waals surface area contributed by atoms with Crippen LogP contribution in [0.3, 0.4) is 0 Å². The lowest BCUT2D eigenvalue weighted by molar-refractivity contribution is -0.142. The summed E-state index contributed by atoms with van der Waals surface area (Å²) in [7, 11) is 0. The van der Waals surface area contributed by atoms with Crippen molar-refractivity contribution in [2.24, 2.45) is 5.41 Å². The van der Waals surface area contributed by atoms with E-state index >= 15 is 0 Å². The predicted octanol–water partition coefficient (Wildman–Crippen LogP) is 4.70. The third-order valence-corrected chi connectivity index (χ3v) is 6.00. The summed E-state index contributed by atoms with van der Waals surface area (Å²) in [6.07, 6.45) is 0.207. The molecule has 2 amide bonds. The molecule has 0 radical (unpaired) electrons. The average Bonchev–Trinajstić information content (AvgIpc) is 3.08. The van der Waals surface area contributed by atoms with E-state index in [-0.39, 0.29) is 30.8 Å². The maximum atomic E-state index is 12.7. The molecule has 1 aliphatic rings. The summed E-state index contributed by atoms with van der Waals surface area (Å²) in [5.41, 5.74) is 4.40. The minimum atomic E-state index is -1.08. The van der Waals surface area contributed by atoms with Crippen molar-refractivity contribution in [3.8, 4) is 11.1 Å². The van der Waals surface area contributed by atoms with E-state index < -0.39 is 30.1 Å². The maximum Gasteiger partial charge on any atom is 0.407 e. The molecule has 7 heteroatoms. The lowest BCUT2D eigenvalue weighted by Gasteiger charge is -2.27. The summed E-state index contributed by atoms with van der Waals surface area (Å²) in [4.78, 5) is 36.4. The van der Waals surface area contributed by atoms with E-state index in [0.717, 1.165) is 22.3 Å². The van der Waals surface area contributed by atoms with Crippen LogP contribution in [-0.2, 0) is 14.3 Å². The van der Waals surface area contributed by atoms with E-state index in [2.05, 4.69) is 34.9 Å². The highest BCUT2D eigenvalue weighted by Gasteiger charge is 2.30. The van der Waals surface area contributed by atoms with Crippen molar-refractivity contribution < 1.29 is 24.2 Å². The molecular weight excluding hydrogens is 432 g/mol. The minimum Gasteiger partial charge on any atom is -0.480 e. The van der Waals surface area contributed by atoms with Gasteiger partial charge in [0, 0.05) is 18.4 Å². The third-order valence-electron chi connectivity index (χ3n) is 6.00. The quantitative estimate of drug-likeness (QED) is 0.497. The number of carboxylic acid groups (broad SMARTS) is 1. The van der Waals surface area contributed by atoms with Crippen LogP contribution in [-0.4, -0.2) is 41.8 Å². The van der Waals surface area contributed by atoms with Gasteiger partial charge in [0.05, 0.1) is 0 Å². The molecule has 2 aromatic carbocycles. The Bertz CT molecular complexity index is 998. The lowest BCUT2D eigenvalue weighted by Crippen LogP contribution is -2.45. The lowest BCUT2D eigenvalue weighted by atomic mass is 9.87. The molecule has 0 aromatic heterocycles. The topological polar surface area (TPSA) is 105 Å². The van der Waals surface area contributed by atoms with Crippen LogP contribution in [0.25, 0.3) is 11.1 Å². The van der Waals surface area contributed by atoms with Gasteiger partial charge in [0.15, 0.2) is 0 Å². The van der Waals surface area contributed by atoms with Crippen LogP contribution in [0.4, 0.5) is 4.79 Å². The second kappa shape index (κ2) is 10.7. The van der Waals surface area contributed by atoms with Crippen molar-refractivity contribution in [2.45, 2.75) is 65.0 Å². The third kappa shape index (κ3) is 6.37. The molecule has 0 saturated carbocycles. The van der Waals surface area contributed by atoms with Gasteiger partial charge >= 0.3 is 12.1 Å². The zero-order valence-corrected chi connectivity index (χ0v) is 20.3. The van der Waals surface area contributed by atoms with E-state index in [9.17, 15) is 19.5 Å². The molecule has 2 aromatic rings. The number of aliphatic carboxylic acids is 1. The summed E-state index contributed by atoms with van der Waals surface area (Å²) in [6.45, 7) is 7.93. The number of benzene rings is 2.